The summed E-state index contributed by atoms with van der Waals surface area (Å²) in [7, 11) is 0. The van der Waals surface area contributed by atoms with Crippen LogP contribution < -0.4 is 0 Å². The van der Waals surface area contributed by atoms with E-state index < -0.39 is 5.82 Å². The maximum Gasteiger partial charge on any atom is 0.179 e. The van der Waals surface area contributed by atoms with Gasteiger partial charge < -0.3 is 0 Å². The summed E-state index contributed by atoms with van der Waals surface area (Å²) in [5.41, 5.74) is 0.227. The summed E-state index contributed by atoms with van der Waals surface area (Å²) in [5.74, 6) is 0.124. The van der Waals surface area contributed by atoms with E-state index in [1.807, 2.05) is 0 Å². The molecule has 0 aliphatic heterocycles. The van der Waals surface area contributed by atoms with Crippen molar-refractivity contribution in [1.29, 1.82) is 0 Å². The normalized spacial score (nSPS) is 16.0. The molecule has 0 saturated heterocycles. The van der Waals surface area contributed by atoms with Crippen molar-refractivity contribution in [2.24, 2.45) is 5.92 Å². The molecule has 116 valence electrons. The molecule has 0 amide bonds. The first-order valence-electron chi connectivity index (χ1n) is 8.09. The Morgan fingerprint density at radius 3 is 2.57 bits per heavy atom. The number of hydrogen-bond acceptors (Lipinski definition) is 2. The number of halogens is 1. The lowest BCUT2D eigenvalue weighted by molar-refractivity contribution is 0.0882. The van der Waals surface area contributed by atoms with E-state index in [4.69, 9.17) is 0 Å². The van der Waals surface area contributed by atoms with Crippen molar-refractivity contribution in [2.45, 2.75) is 52.0 Å². The molecular weight excluding hydrogens is 265 g/mol. The molecule has 0 unspecified atom stereocenters. The Hall–Kier alpha value is -1.22. The van der Waals surface area contributed by atoms with Crippen LogP contribution in [0.5, 0.6) is 0 Å². The minimum Gasteiger partial charge on any atom is -0.293 e. The first-order chi connectivity index (χ1) is 10.1. The SMILES string of the molecule is CC(C)CCN(CC(=O)c1ccccc1F)C1CCCC1. The van der Waals surface area contributed by atoms with Gasteiger partial charge >= 0.3 is 0 Å². The number of rotatable bonds is 7. The third kappa shape index (κ3) is 4.63. The number of nitrogens with zero attached hydrogens (tertiary/aromatic N) is 1. The highest BCUT2D eigenvalue weighted by Crippen LogP contribution is 2.24. The van der Waals surface area contributed by atoms with Crippen molar-refractivity contribution in [3.63, 3.8) is 0 Å². The zero-order chi connectivity index (χ0) is 15.2. The molecule has 1 saturated carbocycles. The molecule has 0 radical (unpaired) electrons. The third-order valence-electron chi connectivity index (χ3n) is 4.36. The molecule has 2 rings (SSSR count). The number of carbonyl (C=O) groups excluding carboxylic acids is 1. The van der Waals surface area contributed by atoms with Gasteiger partial charge in [0.05, 0.1) is 12.1 Å². The van der Waals surface area contributed by atoms with Gasteiger partial charge in [0.1, 0.15) is 5.82 Å². The third-order valence-corrected chi connectivity index (χ3v) is 4.36. The van der Waals surface area contributed by atoms with Crippen LogP contribution in [0.4, 0.5) is 4.39 Å². The number of benzene rings is 1. The van der Waals surface area contributed by atoms with Crippen LogP contribution in [0.1, 0.15) is 56.3 Å². The monoisotopic (exact) mass is 291 g/mol. The lowest BCUT2D eigenvalue weighted by Gasteiger charge is -2.28. The number of Topliss-reactive ketones (excluding diaryl/α,β-unsaturated/α-hetero) is 1. The average molecular weight is 291 g/mol. The smallest absolute Gasteiger partial charge is 0.179 e. The van der Waals surface area contributed by atoms with Gasteiger partial charge in [-0.2, -0.15) is 0 Å². The van der Waals surface area contributed by atoms with Crippen LogP contribution in [-0.4, -0.2) is 29.8 Å². The first-order valence-corrected chi connectivity index (χ1v) is 8.09. The zero-order valence-electron chi connectivity index (χ0n) is 13.1. The summed E-state index contributed by atoms with van der Waals surface area (Å²) in [6, 6.07) is 6.80. The lowest BCUT2D eigenvalue weighted by Crippen LogP contribution is -2.39. The largest absolute Gasteiger partial charge is 0.293 e. The van der Waals surface area contributed by atoms with Crippen molar-refractivity contribution < 1.29 is 9.18 Å². The molecule has 0 bridgehead atoms. The molecule has 21 heavy (non-hydrogen) atoms. The summed E-state index contributed by atoms with van der Waals surface area (Å²) in [5, 5.41) is 0. The molecule has 1 aromatic rings. The zero-order valence-corrected chi connectivity index (χ0v) is 13.1. The second-order valence-electron chi connectivity index (χ2n) is 6.49. The Kier molecular flexibility index (Phi) is 5.92. The minimum absolute atomic E-state index is 0.0937. The standard InChI is InChI=1S/C18H26FNO/c1-14(2)11-12-20(15-7-3-4-8-15)13-18(21)16-9-5-6-10-17(16)19/h5-6,9-10,14-15H,3-4,7-8,11-13H2,1-2H3. The molecule has 1 aromatic carbocycles. The number of ketones is 1. The van der Waals surface area contributed by atoms with Gasteiger partial charge in [0.2, 0.25) is 0 Å². The van der Waals surface area contributed by atoms with Crippen molar-refractivity contribution in [3.8, 4) is 0 Å². The quantitative estimate of drug-likeness (QED) is 0.698. The summed E-state index contributed by atoms with van der Waals surface area (Å²) in [6.45, 7) is 5.68. The molecule has 0 aromatic heterocycles. The van der Waals surface area contributed by atoms with Crippen LogP contribution in [-0.2, 0) is 0 Å². The summed E-state index contributed by atoms with van der Waals surface area (Å²) in [6.07, 6.45) is 5.92. The fourth-order valence-electron chi connectivity index (χ4n) is 3.04. The van der Waals surface area contributed by atoms with Gasteiger partial charge in [0.25, 0.3) is 0 Å². The van der Waals surface area contributed by atoms with Crippen molar-refractivity contribution >= 4 is 5.78 Å². The van der Waals surface area contributed by atoms with E-state index >= 15 is 0 Å². The van der Waals surface area contributed by atoms with E-state index in [1.165, 1.54) is 31.7 Å². The van der Waals surface area contributed by atoms with Crippen LogP contribution in [0.3, 0.4) is 0 Å². The highest BCUT2D eigenvalue weighted by Gasteiger charge is 2.25. The van der Waals surface area contributed by atoms with Gasteiger partial charge in [0.15, 0.2) is 5.78 Å². The van der Waals surface area contributed by atoms with Crippen molar-refractivity contribution in [2.75, 3.05) is 13.1 Å². The number of hydrogen-bond donors (Lipinski definition) is 0. The topological polar surface area (TPSA) is 20.3 Å². The van der Waals surface area contributed by atoms with E-state index in [-0.39, 0.29) is 11.3 Å². The van der Waals surface area contributed by atoms with Crippen LogP contribution in [0.15, 0.2) is 24.3 Å². The van der Waals surface area contributed by atoms with Crippen LogP contribution >= 0.6 is 0 Å². The molecule has 1 fully saturated rings. The van der Waals surface area contributed by atoms with E-state index in [9.17, 15) is 9.18 Å². The van der Waals surface area contributed by atoms with E-state index in [1.54, 1.807) is 18.2 Å². The van der Waals surface area contributed by atoms with Crippen molar-refractivity contribution in [3.05, 3.63) is 35.6 Å². The average Bonchev–Trinajstić information content (AvgIpc) is 2.97. The van der Waals surface area contributed by atoms with Crippen molar-refractivity contribution in [1.82, 2.24) is 4.90 Å². The molecule has 2 nitrogen and oxygen atoms in total. The van der Waals surface area contributed by atoms with Gasteiger partial charge in [-0.15, -0.1) is 0 Å². The molecule has 3 heteroatoms. The van der Waals surface area contributed by atoms with Gasteiger partial charge in [-0.3, -0.25) is 9.69 Å². The maximum absolute atomic E-state index is 13.7. The van der Waals surface area contributed by atoms with Crippen LogP contribution in [0.25, 0.3) is 0 Å². The van der Waals surface area contributed by atoms with E-state index in [0.717, 1.165) is 13.0 Å². The predicted octanol–water partition coefficient (Wildman–Crippen LogP) is 4.30. The lowest BCUT2D eigenvalue weighted by atomic mass is 10.1. The van der Waals surface area contributed by atoms with Gasteiger partial charge in [-0.05, 0) is 43.9 Å². The molecule has 0 atom stereocenters. The summed E-state index contributed by atoms with van der Waals surface area (Å²) in [4.78, 5) is 14.7. The van der Waals surface area contributed by atoms with Gasteiger partial charge in [-0.25, -0.2) is 4.39 Å². The summed E-state index contributed by atoms with van der Waals surface area (Å²) >= 11 is 0. The summed E-state index contributed by atoms with van der Waals surface area (Å²) < 4.78 is 13.7. The molecule has 0 heterocycles. The van der Waals surface area contributed by atoms with Crippen LogP contribution in [0.2, 0.25) is 0 Å². The molecular formula is C18H26FNO. The second-order valence-corrected chi connectivity index (χ2v) is 6.49. The fraction of sp³-hybridized carbons (Fsp3) is 0.611. The maximum atomic E-state index is 13.7. The van der Waals surface area contributed by atoms with Crippen LogP contribution in [0, 0.1) is 11.7 Å². The Bertz CT molecular complexity index is 466. The Morgan fingerprint density at radius 1 is 1.29 bits per heavy atom. The van der Waals surface area contributed by atoms with Gasteiger partial charge in [-0.1, -0.05) is 38.8 Å². The van der Waals surface area contributed by atoms with Gasteiger partial charge in [0, 0.05) is 6.04 Å². The first kappa shape index (κ1) is 16.2. The Morgan fingerprint density at radius 2 is 1.95 bits per heavy atom. The molecule has 0 N–H and O–H groups in total. The minimum atomic E-state index is -0.405. The highest BCUT2D eigenvalue weighted by molar-refractivity contribution is 5.97. The Balaban J connectivity index is 2.03. The van der Waals surface area contributed by atoms with E-state index in [0.29, 0.717) is 18.5 Å². The highest BCUT2D eigenvalue weighted by atomic mass is 19.1. The Labute approximate surface area is 127 Å². The van der Waals surface area contributed by atoms with E-state index in [2.05, 4.69) is 18.7 Å². The number of carbonyl (C=O) groups is 1. The predicted molar refractivity (Wildman–Crippen MR) is 84.0 cm³/mol. The molecule has 1 aliphatic carbocycles. The molecule has 0 spiro atoms. The molecule has 1 aliphatic rings. The second kappa shape index (κ2) is 7.69. The fourth-order valence-corrected chi connectivity index (χ4v) is 3.04.